The minimum absolute atomic E-state index is 0.0880. The summed E-state index contributed by atoms with van der Waals surface area (Å²) in [5.41, 5.74) is 2.25. The first-order valence-electron chi connectivity index (χ1n) is 9.39. The summed E-state index contributed by atoms with van der Waals surface area (Å²) >= 11 is 0. The van der Waals surface area contributed by atoms with Gasteiger partial charge < -0.3 is 19.7 Å². The summed E-state index contributed by atoms with van der Waals surface area (Å²) in [5, 5.41) is 2.74. The van der Waals surface area contributed by atoms with E-state index in [-0.39, 0.29) is 12.0 Å². The zero-order valence-corrected chi connectivity index (χ0v) is 16.0. The Morgan fingerprint density at radius 1 is 1.32 bits per heavy atom. The van der Waals surface area contributed by atoms with E-state index >= 15 is 0 Å². The molecule has 4 rings (SSSR count). The number of nitrogens with one attached hydrogen (secondary N) is 1. The molecule has 8 heteroatoms. The van der Waals surface area contributed by atoms with Crippen LogP contribution in [0.2, 0.25) is 0 Å². The van der Waals surface area contributed by atoms with Crippen LogP contribution < -0.4 is 19.7 Å². The maximum Gasteiger partial charge on any atom is 0.253 e. The number of nitrogens with zero attached hydrogens (tertiary/aromatic N) is 3. The fourth-order valence-corrected chi connectivity index (χ4v) is 3.82. The number of anilines is 1. The van der Waals surface area contributed by atoms with E-state index < -0.39 is 6.67 Å². The van der Waals surface area contributed by atoms with Crippen LogP contribution in [0.15, 0.2) is 18.3 Å². The predicted octanol–water partition coefficient (Wildman–Crippen LogP) is 2.55. The zero-order chi connectivity index (χ0) is 19.7. The molecule has 0 bridgehead atoms. The van der Waals surface area contributed by atoms with Crippen LogP contribution >= 0.6 is 0 Å². The van der Waals surface area contributed by atoms with Gasteiger partial charge in [0.05, 0.1) is 31.1 Å². The van der Waals surface area contributed by atoms with E-state index in [9.17, 15) is 9.18 Å². The molecular formula is C20H23FN4O3. The van der Waals surface area contributed by atoms with Crippen molar-refractivity contribution >= 4 is 11.7 Å². The summed E-state index contributed by atoms with van der Waals surface area (Å²) in [6.45, 7) is 3.05. The van der Waals surface area contributed by atoms with Crippen molar-refractivity contribution in [3.63, 3.8) is 0 Å². The third-order valence-electron chi connectivity index (χ3n) is 5.36. The highest BCUT2D eigenvalue weighted by molar-refractivity contribution is 6.00. The zero-order valence-electron chi connectivity index (χ0n) is 16.0. The third-order valence-corrected chi connectivity index (χ3v) is 5.36. The van der Waals surface area contributed by atoms with Gasteiger partial charge in [0.25, 0.3) is 5.91 Å². The van der Waals surface area contributed by atoms with Crippen LogP contribution in [0.1, 0.15) is 40.0 Å². The Bertz CT molecular complexity index is 880. The third kappa shape index (κ3) is 3.34. The van der Waals surface area contributed by atoms with Crippen molar-refractivity contribution in [3.05, 3.63) is 40.7 Å². The molecule has 0 atom stereocenters. The molecule has 0 radical (unpaired) electrons. The van der Waals surface area contributed by atoms with Gasteiger partial charge in [0, 0.05) is 37.6 Å². The van der Waals surface area contributed by atoms with E-state index in [0.717, 1.165) is 43.1 Å². The molecule has 2 aliphatic heterocycles. The average molecular weight is 386 g/mol. The number of rotatable bonds is 5. The van der Waals surface area contributed by atoms with Gasteiger partial charge in [-0.1, -0.05) is 0 Å². The van der Waals surface area contributed by atoms with E-state index in [0.29, 0.717) is 29.2 Å². The smallest absolute Gasteiger partial charge is 0.253 e. The van der Waals surface area contributed by atoms with Gasteiger partial charge in [-0.15, -0.1) is 0 Å². The van der Waals surface area contributed by atoms with Gasteiger partial charge in [0.15, 0.2) is 0 Å². The average Bonchev–Trinajstić information content (AvgIpc) is 3.09. The van der Waals surface area contributed by atoms with E-state index in [1.54, 1.807) is 19.4 Å². The number of methoxy groups -OCH3 is 1. The maximum absolute atomic E-state index is 13.7. The number of carbonyl (C=O) groups excluding carboxylic acids is 1. The van der Waals surface area contributed by atoms with Crippen LogP contribution in [0.3, 0.4) is 0 Å². The van der Waals surface area contributed by atoms with Crippen molar-refractivity contribution in [2.45, 2.75) is 39.1 Å². The van der Waals surface area contributed by atoms with Crippen molar-refractivity contribution in [2.75, 3.05) is 25.1 Å². The predicted molar refractivity (Wildman–Crippen MR) is 102 cm³/mol. The van der Waals surface area contributed by atoms with Gasteiger partial charge in [-0.3, -0.25) is 4.79 Å². The molecule has 1 saturated heterocycles. The number of halogens is 1. The molecule has 1 N–H and O–H groups in total. The second kappa shape index (κ2) is 7.61. The molecule has 28 heavy (non-hydrogen) atoms. The molecule has 0 unspecified atom stereocenters. The highest BCUT2D eigenvalue weighted by Gasteiger charge is 2.30. The lowest BCUT2D eigenvalue weighted by Crippen LogP contribution is -2.39. The van der Waals surface area contributed by atoms with Crippen molar-refractivity contribution < 1.29 is 18.7 Å². The van der Waals surface area contributed by atoms with Gasteiger partial charge in [-0.05, 0) is 18.6 Å². The SMILES string of the molecule is COc1ccc(OC2CCN(c3nc4c(c(CF)c3C)C(=O)NC4)CC2)cn1. The molecule has 4 heterocycles. The van der Waals surface area contributed by atoms with Crippen LogP contribution in [0, 0.1) is 6.92 Å². The molecule has 0 spiro atoms. The number of hydrogen-bond acceptors (Lipinski definition) is 6. The summed E-state index contributed by atoms with van der Waals surface area (Å²) in [6.07, 6.45) is 3.40. The van der Waals surface area contributed by atoms with Crippen LogP contribution in [-0.2, 0) is 13.2 Å². The van der Waals surface area contributed by atoms with Crippen LogP contribution in [0.25, 0.3) is 0 Å². The Morgan fingerprint density at radius 2 is 2.11 bits per heavy atom. The highest BCUT2D eigenvalue weighted by atomic mass is 19.1. The lowest BCUT2D eigenvalue weighted by molar-refractivity contribution is 0.0964. The van der Waals surface area contributed by atoms with E-state index in [1.165, 1.54) is 0 Å². The van der Waals surface area contributed by atoms with E-state index in [4.69, 9.17) is 9.47 Å². The van der Waals surface area contributed by atoms with Gasteiger partial charge in [0.2, 0.25) is 5.88 Å². The quantitative estimate of drug-likeness (QED) is 0.851. The van der Waals surface area contributed by atoms with Gasteiger partial charge >= 0.3 is 0 Å². The van der Waals surface area contributed by atoms with Crippen molar-refractivity contribution in [1.29, 1.82) is 0 Å². The summed E-state index contributed by atoms with van der Waals surface area (Å²) < 4.78 is 24.7. The fraction of sp³-hybridized carbons (Fsp3) is 0.450. The number of hydrogen-bond donors (Lipinski definition) is 1. The largest absolute Gasteiger partial charge is 0.489 e. The van der Waals surface area contributed by atoms with Crippen LogP contribution in [-0.4, -0.2) is 42.2 Å². The fourth-order valence-electron chi connectivity index (χ4n) is 3.82. The normalized spacial score (nSPS) is 16.7. The number of amides is 1. The molecule has 0 aliphatic carbocycles. The Morgan fingerprint density at radius 3 is 2.75 bits per heavy atom. The number of carbonyl (C=O) groups is 1. The second-order valence-corrected chi connectivity index (χ2v) is 7.02. The first kappa shape index (κ1) is 18.5. The monoisotopic (exact) mass is 386 g/mol. The van der Waals surface area contributed by atoms with Gasteiger partial charge in [-0.2, -0.15) is 0 Å². The number of aromatic nitrogens is 2. The number of fused-ring (bicyclic) bond motifs is 1. The molecule has 1 amide bonds. The standard InChI is InChI=1S/C20H23FN4O3/c1-12-15(9-21)18-16(11-23-20(18)26)24-19(12)25-7-5-13(6-8-25)28-14-3-4-17(27-2)22-10-14/h3-4,10,13H,5-9,11H2,1-2H3,(H,23,26). The van der Waals surface area contributed by atoms with Crippen LogP contribution in [0.4, 0.5) is 10.2 Å². The molecular weight excluding hydrogens is 363 g/mol. The first-order valence-corrected chi connectivity index (χ1v) is 9.39. The summed E-state index contributed by atoms with van der Waals surface area (Å²) in [6, 6.07) is 3.62. The first-order chi connectivity index (χ1) is 13.6. The van der Waals surface area contributed by atoms with Crippen molar-refractivity contribution in [2.24, 2.45) is 0 Å². The number of pyridine rings is 2. The second-order valence-electron chi connectivity index (χ2n) is 7.02. The lowest BCUT2D eigenvalue weighted by atomic mass is 10.0. The molecule has 0 aromatic carbocycles. The van der Waals surface area contributed by atoms with Gasteiger partial charge in [0.1, 0.15) is 24.3 Å². The Balaban J connectivity index is 1.46. The van der Waals surface area contributed by atoms with Crippen molar-refractivity contribution in [3.8, 4) is 11.6 Å². The molecule has 0 saturated carbocycles. The topological polar surface area (TPSA) is 76.6 Å². The minimum Gasteiger partial charge on any atom is -0.489 e. The molecule has 2 aliphatic rings. The van der Waals surface area contributed by atoms with E-state index in [1.807, 2.05) is 13.0 Å². The molecule has 2 aromatic heterocycles. The summed E-state index contributed by atoms with van der Waals surface area (Å²) in [4.78, 5) is 23.0. The maximum atomic E-state index is 13.7. The van der Waals surface area contributed by atoms with E-state index in [2.05, 4.69) is 20.2 Å². The van der Waals surface area contributed by atoms with Crippen LogP contribution in [0.5, 0.6) is 11.6 Å². The minimum atomic E-state index is -0.666. The van der Waals surface area contributed by atoms with Crippen molar-refractivity contribution in [1.82, 2.24) is 15.3 Å². The lowest BCUT2D eigenvalue weighted by Gasteiger charge is -2.34. The Hall–Kier alpha value is -2.90. The summed E-state index contributed by atoms with van der Waals surface area (Å²) in [7, 11) is 1.58. The Kier molecular flexibility index (Phi) is 5.02. The van der Waals surface area contributed by atoms with Gasteiger partial charge in [-0.25, -0.2) is 14.4 Å². The molecule has 2 aromatic rings. The number of alkyl halides is 1. The molecule has 1 fully saturated rings. The molecule has 148 valence electrons. The highest BCUT2D eigenvalue weighted by Crippen LogP contribution is 2.31. The summed E-state index contributed by atoms with van der Waals surface area (Å²) in [5.74, 6) is 1.81. The number of ether oxygens (including phenoxy) is 2. The Labute approximate surface area is 162 Å². The molecule has 7 nitrogen and oxygen atoms in total. The number of piperidine rings is 1.